The van der Waals surface area contributed by atoms with Gasteiger partial charge in [0.25, 0.3) is 0 Å². The fourth-order valence-corrected chi connectivity index (χ4v) is 5.29. The van der Waals surface area contributed by atoms with Gasteiger partial charge in [-0.3, -0.25) is 0 Å². The number of aliphatic hydroxyl groups is 1. The number of hydrogen-bond acceptors (Lipinski definition) is 1. The van der Waals surface area contributed by atoms with Gasteiger partial charge in [-0.25, -0.2) is 0 Å². The summed E-state index contributed by atoms with van der Waals surface area (Å²) >= 11 is 0. The van der Waals surface area contributed by atoms with Gasteiger partial charge < -0.3 is 5.11 Å². The van der Waals surface area contributed by atoms with Crippen molar-refractivity contribution in [1.82, 2.24) is 0 Å². The molecule has 0 heterocycles. The second-order valence-electron chi connectivity index (χ2n) is 7.59. The second kappa shape index (κ2) is 3.04. The Kier molecular flexibility index (Phi) is 2.11. The lowest BCUT2D eigenvalue weighted by molar-refractivity contribution is -0.0302. The summed E-state index contributed by atoms with van der Waals surface area (Å²) in [4.78, 5) is 0. The second-order valence-corrected chi connectivity index (χ2v) is 7.59. The van der Waals surface area contributed by atoms with E-state index in [0.717, 1.165) is 30.1 Å². The van der Waals surface area contributed by atoms with E-state index in [1.54, 1.807) is 0 Å². The zero-order valence-corrected chi connectivity index (χ0v) is 11.2. The highest BCUT2D eigenvalue weighted by Crippen LogP contribution is 2.71. The van der Waals surface area contributed by atoms with Gasteiger partial charge in [-0.2, -0.15) is 0 Å². The van der Waals surface area contributed by atoms with Crippen LogP contribution in [0.1, 0.15) is 53.4 Å². The lowest BCUT2D eigenvalue weighted by atomic mass is 9.74. The van der Waals surface area contributed by atoms with Crippen LogP contribution >= 0.6 is 0 Å². The van der Waals surface area contributed by atoms with Gasteiger partial charge in [0, 0.05) is 0 Å². The van der Waals surface area contributed by atoms with E-state index in [-0.39, 0.29) is 5.60 Å². The van der Waals surface area contributed by atoms with Gasteiger partial charge in [0.05, 0.1) is 5.60 Å². The quantitative estimate of drug-likeness (QED) is 0.665. The van der Waals surface area contributed by atoms with Crippen LogP contribution in [0.15, 0.2) is 0 Å². The van der Waals surface area contributed by atoms with E-state index in [1.807, 2.05) is 0 Å². The van der Waals surface area contributed by atoms with Crippen LogP contribution in [0.5, 0.6) is 0 Å². The highest BCUT2D eigenvalue weighted by molar-refractivity contribution is 5.14. The number of rotatable bonds is 0. The van der Waals surface area contributed by atoms with Gasteiger partial charge in [0.2, 0.25) is 0 Å². The molecular weight excluding hydrogens is 196 g/mol. The van der Waals surface area contributed by atoms with E-state index in [2.05, 4.69) is 27.7 Å². The smallest absolute Gasteiger partial charge is 0.0650 e. The molecular formula is C15H26O. The highest BCUT2D eigenvalue weighted by atomic mass is 16.3. The minimum absolute atomic E-state index is 0.376. The van der Waals surface area contributed by atoms with Crippen molar-refractivity contribution in [2.75, 3.05) is 0 Å². The summed E-state index contributed by atoms with van der Waals surface area (Å²) in [5.74, 6) is 4.03. The molecule has 1 heteroatoms. The Bertz CT molecular complexity index is 305. The highest BCUT2D eigenvalue weighted by Gasteiger charge is 2.66. The van der Waals surface area contributed by atoms with Crippen molar-refractivity contribution >= 4 is 0 Å². The molecule has 3 fully saturated rings. The van der Waals surface area contributed by atoms with Crippen LogP contribution in [0.25, 0.3) is 0 Å². The molecule has 0 amide bonds. The molecule has 1 nitrogen and oxygen atoms in total. The molecule has 1 unspecified atom stereocenters. The third-order valence-corrected chi connectivity index (χ3v) is 6.37. The van der Waals surface area contributed by atoms with Crippen molar-refractivity contribution in [3.05, 3.63) is 0 Å². The maximum atomic E-state index is 10.7. The predicted octanol–water partition coefficient (Wildman–Crippen LogP) is 3.47. The van der Waals surface area contributed by atoms with Gasteiger partial charge in [-0.1, -0.05) is 27.2 Å². The Balaban J connectivity index is 1.94. The van der Waals surface area contributed by atoms with E-state index in [4.69, 9.17) is 0 Å². The summed E-state index contributed by atoms with van der Waals surface area (Å²) in [5.41, 5.74) is 0.191. The van der Waals surface area contributed by atoms with Crippen LogP contribution in [-0.2, 0) is 0 Å². The summed E-state index contributed by atoms with van der Waals surface area (Å²) in [6.07, 6.45) is 4.89. The average Bonchev–Trinajstić information content (AvgIpc) is 2.51. The first-order valence-electron chi connectivity index (χ1n) is 7.08. The van der Waals surface area contributed by atoms with Crippen molar-refractivity contribution in [3.63, 3.8) is 0 Å². The SMILES string of the molecule is CC1CC[C@@H]2[C@@H]1[C@H]1[C@@H](CC[C@@]2(C)O)C1(C)C. The molecule has 0 aromatic heterocycles. The fraction of sp³-hybridized carbons (Fsp3) is 1.00. The van der Waals surface area contributed by atoms with Gasteiger partial charge in [-0.05, 0) is 61.2 Å². The Morgan fingerprint density at radius 2 is 1.69 bits per heavy atom. The van der Waals surface area contributed by atoms with E-state index >= 15 is 0 Å². The Labute approximate surface area is 99.6 Å². The number of hydrogen-bond donors (Lipinski definition) is 1. The average molecular weight is 222 g/mol. The van der Waals surface area contributed by atoms with Gasteiger partial charge in [0.1, 0.15) is 0 Å². The minimum atomic E-state index is -0.376. The molecule has 0 spiro atoms. The molecule has 3 saturated carbocycles. The summed E-state index contributed by atoms with van der Waals surface area (Å²) in [5, 5.41) is 10.7. The third-order valence-electron chi connectivity index (χ3n) is 6.37. The molecule has 0 saturated heterocycles. The van der Waals surface area contributed by atoms with Gasteiger partial charge in [0.15, 0.2) is 0 Å². The fourth-order valence-electron chi connectivity index (χ4n) is 5.29. The molecule has 0 aliphatic heterocycles. The van der Waals surface area contributed by atoms with Crippen molar-refractivity contribution < 1.29 is 5.11 Å². The molecule has 6 atom stereocenters. The van der Waals surface area contributed by atoms with E-state index < -0.39 is 0 Å². The lowest BCUT2D eigenvalue weighted by Gasteiger charge is -2.35. The molecule has 0 bridgehead atoms. The molecule has 3 aliphatic rings. The topological polar surface area (TPSA) is 20.2 Å². The Morgan fingerprint density at radius 1 is 1.00 bits per heavy atom. The normalized spacial score (nSPS) is 58.7. The summed E-state index contributed by atoms with van der Waals surface area (Å²) in [6.45, 7) is 9.41. The number of fused-ring (bicyclic) bond motifs is 3. The van der Waals surface area contributed by atoms with Crippen LogP contribution in [0.2, 0.25) is 0 Å². The van der Waals surface area contributed by atoms with Gasteiger partial charge in [-0.15, -0.1) is 0 Å². The summed E-state index contributed by atoms with van der Waals surface area (Å²) in [7, 11) is 0. The van der Waals surface area contributed by atoms with Crippen LogP contribution in [-0.4, -0.2) is 10.7 Å². The maximum absolute atomic E-state index is 10.7. The van der Waals surface area contributed by atoms with Crippen molar-refractivity contribution in [2.24, 2.45) is 35.0 Å². The monoisotopic (exact) mass is 222 g/mol. The van der Waals surface area contributed by atoms with Crippen LogP contribution < -0.4 is 0 Å². The molecule has 16 heavy (non-hydrogen) atoms. The molecule has 3 rings (SSSR count). The van der Waals surface area contributed by atoms with Crippen molar-refractivity contribution in [2.45, 2.75) is 59.0 Å². The largest absolute Gasteiger partial charge is 0.390 e. The molecule has 1 N–H and O–H groups in total. The van der Waals surface area contributed by atoms with Crippen LogP contribution in [0.4, 0.5) is 0 Å². The van der Waals surface area contributed by atoms with Gasteiger partial charge >= 0.3 is 0 Å². The Morgan fingerprint density at radius 3 is 2.38 bits per heavy atom. The van der Waals surface area contributed by atoms with E-state index in [1.165, 1.54) is 19.3 Å². The molecule has 3 aliphatic carbocycles. The van der Waals surface area contributed by atoms with E-state index in [9.17, 15) is 5.11 Å². The van der Waals surface area contributed by atoms with E-state index in [0.29, 0.717) is 11.3 Å². The van der Waals surface area contributed by atoms with Crippen LogP contribution in [0.3, 0.4) is 0 Å². The molecule has 92 valence electrons. The maximum Gasteiger partial charge on any atom is 0.0650 e. The molecule has 0 aromatic carbocycles. The van der Waals surface area contributed by atoms with Crippen molar-refractivity contribution in [1.29, 1.82) is 0 Å². The summed E-state index contributed by atoms with van der Waals surface area (Å²) in [6, 6.07) is 0. The first kappa shape index (κ1) is 11.1. The van der Waals surface area contributed by atoms with Crippen LogP contribution in [0, 0.1) is 35.0 Å². The molecule has 0 aromatic rings. The minimum Gasteiger partial charge on any atom is -0.390 e. The third kappa shape index (κ3) is 1.27. The Hall–Kier alpha value is -0.0400. The summed E-state index contributed by atoms with van der Waals surface area (Å²) < 4.78 is 0. The van der Waals surface area contributed by atoms with Crippen molar-refractivity contribution in [3.8, 4) is 0 Å². The first-order valence-corrected chi connectivity index (χ1v) is 7.08. The first-order chi connectivity index (χ1) is 7.36. The zero-order valence-electron chi connectivity index (χ0n) is 11.2. The zero-order chi connectivity index (χ0) is 11.7. The standard InChI is InChI=1S/C15H26O/c1-9-5-6-10-12(9)13-11(14(13,2)3)7-8-15(10,4)16/h9-13,16H,5-8H2,1-4H3/t9?,10-,11-,12-,13-,15-/m1/s1. The lowest BCUT2D eigenvalue weighted by Crippen LogP contribution is -2.38. The predicted molar refractivity (Wildman–Crippen MR) is 66.0 cm³/mol. The molecule has 0 radical (unpaired) electrons.